The summed E-state index contributed by atoms with van der Waals surface area (Å²) in [5.41, 5.74) is 2.63. The van der Waals surface area contributed by atoms with Crippen LogP contribution < -0.4 is 10.9 Å². The molecule has 2 rings (SSSR count). The molecule has 0 aliphatic carbocycles. The van der Waals surface area contributed by atoms with Crippen LogP contribution in [-0.4, -0.2) is 19.6 Å². The Morgan fingerprint density at radius 2 is 2.21 bits per heavy atom. The molecule has 0 aliphatic heterocycles. The van der Waals surface area contributed by atoms with Gasteiger partial charge in [-0.25, -0.2) is 4.68 Å². The maximum atomic E-state index is 11.9. The van der Waals surface area contributed by atoms with E-state index in [1.165, 1.54) is 4.68 Å². The Kier molecular flexibility index (Phi) is 4.04. The van der Waals surface area contributed by atoms with E-state index in [1.807, 2.05) is 27.1 Å². The lowest BCUT2D eigenvalue weighted by Crippen LogP contribution is -2.23. The van der Waals surface area contributed by atoms with Crippen LogP contribution in [0.25, 0.3) is 0 Å². The lowest BCUT2D eigenvalue weighted by Gasteiger charge is -2.09. The van der Waals surface area contributed by atoms with Crippen molar-refractivity contribution < 1.29 is 0 Å². The number of nitrogens with zero attached hydrogens (tertiary/aromatic N) is 4. The summed E-state index contributed by atoms with van der Waals surface area (Å²) in [6, 6.07) is 0. The molecule has 2 heterocycles. The maximum Gasteiger partial charge on any atom is 0.283 e. The normalized spacial score (nSPS) is 10.7. The topological polar surface area (TPSA) is 64.7 Å². The Morgan fingerprint density at radius 1 is 1.47 bits per heavy atom. The Balaban J connectivity index is 2.19. The van der Waals surface area contributed by atoms with Crippen LogP contribution in [0, 0.1) is 6.92 Å². The van der Waals surface area contributed by atoms with Crippen molar-refractivity contribution in [2.75, 3.05) is 5.32 Å². The van der Waals surface area contributed by atoms with Gasteiger partial charge in [-0.05, 0) is 29.8 Å². The highest BCUT2D eigenvalue weighted by Crippen LogP contribution is 2.17. The van der Waals surface area contributed by atoms with E-state index in [9.17, 15) is 4.79 Å². The number of nitrogens with one attached hydrogen (secondary N) is 1. The number of aryl methyl sites for hydroxylation is 3. The van der Waals surface area contributed by atoms with Gasteiger partial charge >= 0.3 is 0 Å². The lowest BCUT2D eigenvalue weighted by atomic mass is 10.2. The second kappa shape index (κ2) is 5.56. The molecule has 19 heavy (non-hydrogen) atoms. The first kappa shape index (κ1) is 13.8. The van der Waals surface area contributed by atoms with Crippen molar-refractivity contribution in [2.24, 2.45) is 7.05 Å². The van der Waals surface area contributed by atoms with Crippen molar-refractivity contribution in [3.63, 3.8) is 0 Å². The fraction of sp³-hybridized carbons (Fsp3) is 0.417. The molecular weight excluding hydrogens is 310 g/mol. The second-order valence-electron chi connectivity index (χ2n) is 4.26. The first-order chi connectivity index (χ1) is 9.02. The predicted molar refractivity (Wildman–Crippen MR) is 77.1 cm³/mol. The van der Waals surface area contributed by atoms with Gasteiger partial charge in [-0.15, -0.1) is 0 Å². The number of rotatable bonds is 4. The first-order valence-corrected chi connectivity index (χ1v) is 6.80. The third kappa shape index (κ3) is 2.86. The molecule has 2 aromatic rings. The minimum Gasteiger partial charge on any atom is -0.378 e. The van der Waals surface area contributed by atoms with Crippen LogP contribution in [0.3, 0.4) is 0 Å². The quantitative estimate of drug-likeness (QED) is 0.928. The largest absolute Gasteiger partial charge is 0.378 e. The highest BCUT2D eigenvalue weighted by Gasteiger charge is 2.09. The van der Waals surface area contributed by atoms with Crippen molar-refractivity contribution >= 4 is 21.6 Å². The van der Waals surface area contributed by atoms with E-state index in [4.69, 9.17) is 0 Å². The van der Waals surface area contributed by atoms with E-state index < -0.39 is 0 Å². The first-order valence-electron chi connectivity index (χ1n) is 6.01. The molecule has 6 nitrogen and oxygen atoms in total. The standard InChI is InChI=1S/C12H16BrN5O/c1-4-18-12(19)11(13)10(6-15-18)14-5-9-7-17(3)16-8(9)2/h6-7,14H,4-5H2,1-3H3. The van der Waals surface area contributed by atoms with Gasteiger partial charge in [0.25, 0.3) is 5.56 Å². The van der Waals surface area contributed by atoms with E-state index in [0.717, 1.165) is 11.3 Å². The number of anilines is 1. The zero-order valence-corrected chi connectivity index (χ0v) is 12.7. The molecule has 0 radical (unpaired) electrons. The van der Waals surface area contributed by atoms with Crippen LogP contribution in [0.2, 0.25) is 0 Å². The highest BCUT2D eigenvalue weighted by molar-refractivity contribution is 9.10. The van der Waals surface area contributed by atoms with Gasteiger partial charge in [0.2, 0.25) is 0 Å². The average molecular weight is 326 g/mol. The Hall–Kier alpha value is -1.63. The SMILES string of the molecule is CCn1ncc(NCc2cn(C)nc2C)c(Br)c1=O. The average Bonchev–Trinajstić information content (AvgIpc) is 2.70. The van der Waals surface area contributed by atoms with E-state index in [2.05, 4.69) is 31.4 Å². The Morgan fingerprint density at radius 3 is 2.79 bits per heavy atom. The fourth-order valence-corrected chi connectivity index (χ4v) is 2.27. The Bertz CT molecular complexity index is 646. The molecule has 0 aliphatic rings. The minimum atomic E-state index is -0.129. The van der Waals surface area contributed by atoms with E-state index in [1.54, 1.807) is 10.9 Å². The van der Waals surface area contributed by atoms with E-state index in [0.29, 0.717) is 23.2 Å². The molecule has 0 aromatic carbocycles. The molecule has 102 valence electrons. The molecule has 0 unspecified atom stereocenters. The van der Waals surface area contributed by atoms with Crippen LogP contribution in [0.5, 0.6) is 0 Å². The number of aromatic nitrogens is 4. The van der Waals surface area contributed by atoms with Crippen LogP contribution in [0.15, 0.2) is 21.7 Å². The van der Waals surface area contributed by atoms with Gasteiger partial charge < -0.3 is 5.32 Å². The summed E-state index contributed by atoms with van der Waals surface area (Å²) in [5, 5.41) is 11.6. The van der Waals surface area contributed by atoms with Gasteiger partial charge in [0.05, 0.1) is 17.6 Å². The van der Waals surface area contributed by atoms with Crippen molar-refractivity contribution in [3.8, 4) is 0 Å². The van der Waals surface area contributed by atoms with Crippen molar-refractivity contribution in [1.82, 2.24) is 19.6 Å². The third-order valence-electron chi connectivity index (χ3n) is 2.87. The molecule has 0 amide bonds. The third-order valence-corrected chi connectivity index (χ3v) is 3.64. The predicted octanol–water partition coefficient (Wildman–Crippen LogP) is 1.68. The number of hydrogen-bond acceptors (Lipinski definition) is 4. The molecule has 1 N–H and O–H groups in total. The summed E-state index contributed by atoms with van der Waals surface area (Å²) in [6.45, 7) is 5.00. The monoisotopic (exact) mass is 325 g/mol. The van der Waals surface area contributed by atoms with Gasteiger partial charge in [-0.3, -0.25) is 9.48 Å². The molecule has 2 aromatic heterocycles. The molecule has 0 saturated carbocycles. The second-order valence-corrected chi connectivity index (χ2v) is 5.05. The van der Waals surface area contributed by atoms with Gasteiger partial charge in [0.15, 0.2) is 0 Å². The zero-order chi connectivity index (χ0) is 14.0. The number of hydrogen-bond donors (Lipinski definition) is 1. The molecular formula is C12H16BrN5O. The van der Waals surface area contributed by atoms with Crippen molar-refractivity contribution in [2.45, 2.75) is 26.9 Å². The van der Waals surface area contributed by atoms with Gasteiger partial charge in [-0.2, -0.15) is 10.2 Å². The van der Waals surface area contributed by atoms with Crippen LogP contribution >= 0.6 is 15.9 Å². The molecule has 7 heteroatoms. The molecule has 0 atom stereocenters. The summed E-state index contributed by atoms with van der Waals surface area (Å²) in [5.74, 6) is 0. The van der Waals surface area contributed by atoms with Gasteiger partial charge in [-0.1, -0.05) is 0 Å². The van der Waals surface area contributed by atoms with Crippen molar-refractivity contribution in [3.05, 3.63) is 38.5 Å². The Labute approximate surface area is 119 Å². The van der Waals surface area contributed by atoms with Gasteiger partial charge in [0.1, 0.15) is 4.47 Å². The molecule has 0 spiro atoms. The lowest BCUT2D eigenvalue weighted by molar-refractivity contribution is 0.613. The van der Waals surface area contributed by atoms with Gasteiger partial charge in [0, 0.05) is 31.9 Å². The fourth-order valence-electron chi connectivity index (χ4n) is 1.83. The van der Waals surface area contributed by atoms with Crippen LogP contribution in [-0.2, 0) is 20.1 Å². The number of halogens is 1. The highest BCUT2D eigenvalue weighted by atomic mass is 79.9. The minimum absolute atomic E-state index is 0.129. The van der Waals surface area contributed by atoms with Crippen molar-refractivity contribution in [1.29, 1.82) is 0 Å². The van der Waals surface area contributed by atoms with Crippen LogP contribution in [0.4, 0.5) is 5.69 Å². The summed E-state index contributed by atoms with van der Waals surface area (Å²) >= 11 is 3.31. The zero-order valence-electron chi connectivity index (χ0n) is 11.1. The van der Waals surface area contributed by atoms with Crippen LogP contribution in [0.1, 0.15) is 18.2 Å². The summed E-state index contributed by atoms with van der Waals surface area (Å²) in [7, 11) is 1.89. The van der Waals surface area contributed by atoms with E-state index >= 15 is 0 Å². The molecule has 0 saturated heterocycles. The molecule has 0 fully saturated rings. The smallest absolute Gasteiger partial charge is 0.283 e. The maximum absolute atomic E-state index is 11.9. The molecule has 0 bridgehead atoms. The summed E-state index contributed by atoms with van der Waals surface area (Å²) in [6.07, 6.45) is 3.61. The summed E-state index contributed by atoms with van der Waals surface area (Å²) in [4.78, 5) is 11.9. The summed E-state index contributed by atoms with van der Waals surface area (Å²) < 4.78 is 3.69. The van der Waals surface area contributed by atoms with E-state index in [-0.39, 0.29) is 5.56 Å².